The fourth-order valence-electron chi connectivity index (χ4n) is 1.10. The van der Waals surface area contributed by atoms with Crippen molar-refractivity contribution in [2.45, 2.75) is 38.8 Å². The Labute approximate surface area is 116 Å². The molecule has 0 spiro atoms. The van der Waals surface area contributed by atoms with E-state index in [1.165, 1.54) is 0 Å². The van der Waals surface area contributed by atoms with Crippen molar-refractivity contribution >= 4 is 29.7 Å². The Morgan fingerprint density at radius 2 is 1.95 bits per heavy atom. The molecule has 0 aromatic carbocycles. The lowest BCUT2D eigenvalue weighted by Gasteiger charge is -2.22. The SMILES string of the molecule is CC(C)(C)OC(=O)N[C@@H](CCSCC(=O)O)C(N)=O. The third-order valence-electron chi connectivity index (χ3n) is 1.81. The summed E-state index contributed by atoms with van der Waals surface area (Å²) in [5.41, 5.74) is 4.49. The first-order valence-corrected chi connectivity index (χ1v) is 6.85. The van der Waals surface area contributed by atoms with Crippen LogP contribution in [-0.2, 0) is 14.3 Å². The standard InChI is InChI=1S/C11H20N2O5S/c1-11(2,3)18-10(17)13-7(9(12)16)4-5-19-6-8(14)15/h7H,4-6H2,1-3H3,(H2,12,16)(H,13,17)(H,14,15)/t7-/m0/s1. The van der Waals surface area contributed by atoms with E-state index in [2.05, 4.69) is 5.32 Å². The van der Waals surface area contributed by atoms with E-state index >= 15 is 0 Å². The minimum absolute atomic E-state index is 0.0576. The smallest absolute Gasteiger partial charge is 0.408 e. The zero-order valence-electron chi connectivity index (χ0n) is 11.3. The van der Waals surface area contributed by atoms with E-state index in [4.69, 9.17) is 15.6 Å². The zero-order chi connectivity index (χ0) is 15.1. The van der Waals surface area contributed by atoms with Crippen LogP contribution < -0.4 is 11.1 Å². The molecule has 0 aliphatic heterocycles. The molecule has 0 fully saturated rings. The van der Waals surface area contributed by atoms with Gasteiger partial charge in [0.2, 0.25) is 5.91 Å². The van der Waals surface area contributed by atoms with Crippen LogP contribution in [0.4, 0.5) is 4.79 Å². The number of hydrogen-bond acceptors (Lipinski definition) is 5. The van der Waals surface area contributed by atoms with Crippen LogP contribution in [0.3, 0.4) is 0 Å². The molecule has 2 amide bonds. The number of carbonyl (C=O) groups excluding carboxylic acids is 2. The number of primary amides is 1. The van der Waals surface area contributed by atoms with Gasteiger partial charge in [-0.25, -0.2) is 4.79 Å². The summed E-state index contributed by atoms with van der Waals surface area (Å²) in [7, 11) is 0. The van der Waals surface area contributed by atoms with Crippen molar-refractivity contribution in [3.8, 4) is 0 Å². The van der Waals surface area contributed by atoms with Crippen LogP contribution in [0.1, 0.15) is 27.2 Å². The van der Waals surface area contributed by atoms with Gasteiger partial charge in [-0.1, -0.05) is 0 Å². The van der Waals surface area contributed by atoms with Crippen molar-refractivity contribution in [3.63, 3.8) is 0 Å². The molecule has 4 N–H and O–H groups in total. The summed E-state index contributed by atoms with van der Waals surface area (Å²) in [6.45, 7) is 5.11. The molecule has 0 bridgehead atoms. The molecular formula is C11H20N2O5S. The lowest BCUT2D eigenvalue weighted by molar-refractivity contribution is -0.133. The van der Waals surface area contributed by atoms with Crippen molar-refractivity contribution < 1.29 is 24.2 Å². The first kappa shape index (κ1) is 17.6. The van der Waals surface area contributed by atoms with Crippen LogP contribution in [0.25, 0.3) is 0 Å². The summed E-state index contributed by atoms with van der Waals surface area (Å²) in [5, 5.41) is 10.8. The predicted molar refractivity (Wildman–Crippen MR) is 71.9 cm³/mol. The molecule has 0 radical (unpaired) electrons. The Balaban J connectivity index is 4.16. The van der Waals surface area contributed by atoms with E-state index in [0.717, 1.165) is 11.8 Å². The average molecular weight is 292 g/mol. The summed E-state index contributed by atoms with van der Waals surface area (Å²) in [6, 6.07) is -0.865. The normalized spacial score (nSPS) is 12.6. The molecule has 0 heterocycles. The second kappa shape index (κ2) is 7.88. The highest BCUT2D eigenvalue weighted by molar-refractivity contribution is 7.99. The summed E-state index contributed by atoms with van der Waals surface area (Å²) in [6.07, 6.45) is -0.466. The number of carboxylic acid groups (broad SMARTS) is 1. The largest absolute Gasteiger partial charge is 0.481 e. The number of nitrogens with two attached hydrogens (primary N) is 1. The van der Waals surface area contributed by atoms with Crippen LogP contribution in [0.2, 0.25) is 0 Å². The highest BCUT2D eigenvalue weighted by Crippen LogP contribution is 2.08. The van der Waals surface area contributed by atoms with E-state index in [-0.39, 0.29) is 12.2 Å². The minimum Gasteiger partial charge on any atom is -0.481 e. The Bertz CT molecular complexity index is 340. The lowest BCUT2D eigenvalue weighted by Crippen LogP contribution is -2.46. The lowest BCUT2D eigenvalue weighted by atomic mass is 10.2. The second-order valence-corrected chi connectivity index (χ2v) is 5.94. The van der Waals surface area contributed by atoms with Crippen molar-refractivity contribution in [2.24, 2.45) is 5.73 Å². The molecule has 110 valence electrons. The number of hydrogen-bond donors (Lipinski definition) is 3. The summed E-state index contributed by atoms with van der Waals surface area (Å²) in [4.78, 5) is 32.9. The number of thioether (sulfide) groups is 1. The van der Waals surface area contributed by atoms with Gasteiger partial charge in [0, 0.05) is 0 Å². The Morgan fingerprint density at radius 3 is 2.37 bits per heavy atom. The topological polar surface area (TPSA) is 119 Å². The van der Waals surface area contributed by atoms with Gasteiger partial charge in [-0.2, -0.15) is 11.8 Å². The predicted octanol–water partition coefficient (Wildman–Crippen LogP) is 0.573. The third kappa shape index (κ3) is 10.2. The molecule has 0 aliphatic carbocycles. The van der Waals surface area contributed by atoms with Crippen molar-refractivity contribution in [2.75, 3.05) is 11.5 Å². The van der Waals surface area contributed by atoms with E-state index in [1.54, 1.807) is 20.8 Å². The minimum atomic E-state index is -0.930. The van der Waals surface area contributed by atoms with Crippen LogP contribution in [0.15, 0.2) is 0 Å². The van der Waals surface area contributed by atoms with Crippen molar-refractivity contribution in [1.29, 1.82) is 0 Å². The maximum Gasteiger partial charge on any atom is 0.408 e. The van der Waals surface area contributed by atoms with Gasteiger partial charge >= 0.3 is 12.1 Å². The summed E-state index contributed by atoms with van der Waals surface area (Å²) < 4.78 is 5.00. The molecule has 0 aromatic rings. The van der Waals surface area contributed by atoms with E-state index in [1.807, 2.05) is 0 Å². The van der Waals surface area contributed by atoms with Crippen LogP contribution >= 0.6 is 11.8 Å². The summed E-state index contributed by atoms with van der Waals surface area (Å²) >= 11 is 1.15. The third-order valence-corrected chi connectivity index (χ3v) is 2.79. The molecule has 0 saturated carbocycles. The first-order chi connectivity index (χ1) is 8.61. The molecule has 0 aromatic heterocycles. The van der Waals surface area contributed by atoms with Gasteiger partial charge in [-0.05, 0) is 32.9 Å². The Kier molecular flexibility index (Phi) is 7.28. The fourth-order valence-corrected chi connectivity index (χ4v) is 1.82. The number of amides is 2. The highest BCUT2D eigenvalue weighted by Gasteiger charge is 2.22. The van der Waals surface area contributed by atoms with Gasteiger partial charge in [0.15, 0.2) is 0 Å². The molecule has 0 rings (SSSR count). The van der Waals surface area contributed by atoms with E-state index in [0.29, 0.717) is 5.75 Å². The number of aliphatic carboxylic acids is 1. The second-order valence-electron chi connectivity index (χ2n) is 4.84. The molecule has 0 saturated heterocycles. The van der Waals surface area contributed by atoms with Crippen LogP contribution in [0, 0.1) is 0 Å². The monoisotopic (exact) mass is 292 g/mol. The molecule has 19 heavy (non-hydrogen) atoms. The van der Waals surface area contributed by atoms with Gasteiger partial charge < -0.3 is 20.9 Å². The Morgan fingerprint density at radius 1 is 1.37 bits per heavy atom. The molecular weight excluding hydrogens is 272 g/mol. The molecule has 1 atom stereocenters. The zero-order valence-corrected chi connectivity index (χ0v) is 12.1. The number of carboxylic acids is 1. The molecule has 0 aliphatic rings. The van der Waals surface area contributed by atoms with Gasteiger partial charge in [0.1, 0.15) is 11.6 Å². The average Bonchev–Trinajstić information content (AvgIpc) is 2.19. The maximum absolute atomic E-state index is 11.5. The number of rotatable bonds is 7. The van der Waals surface area contributed by atoms with Gasteiger partial charge in [0.05, 0.1) is 5.75 Å². The number of ether oxygens (including phenoxy) is 1. The highest BCUT2D eigenvalue weighted by atomic mass is 32.2. The summed E-state index contributed by atoms with van der Waals surface area (Å²) in [5.74, 6) is -1.27. The van der Waals surface area contributed by atoms with Gasteiger partial charge in [-0.15, -0.1) is 0 Å². The number of alkyl carbamates (subject to hydrolysis) is 1. The van der Waals surface area contributed by atoms with Crippen molar-refractivity contribution in [1.82, 2.24) is 5.32 Å². The number of nitrogens with one attached hydrogen (secondary N) is 1. The first-order valence-electron chi connectivity index (χ1n) is 5.70. The van der Waals surface area contributed by atoms with E-state index in [9.17, 15) is 14.4 Å². The fraction of sp³-hybridized carbons (Fsp3) is 0.727. The number of carbonyl (C=O) groups is 3. The van der Waals surface area contributed by atoms with Crippen LogP contribution in [0.5, 0.6) is 0 Å². The Hall–Kier alpha value is -1.44. The van der Waals surface area contributed by atoms with Gasteiger partial charge in [0.25, 0.3) is 0 Å². The van der Waals surface area contributed by atoms with Crippen LogP contribution in [-0.4, -0.2) is 46.2 Å². The van der Waals surface area contributed by atoms with Gasteiger partial charge in [-0.3, -0.25) is 9.59 Å². The molecule has 0 unspecified atom stereocenters. The molecule has 8 heteroatoms. The molecule has 7 nitrogen and oxygen atoms in total. The maximum atomic E-state index is 11.5. The quantitative estimate of drug-likeness (QED) is 0.590. The van der Waals surface area contributed by atoms with E-state index < -0.39 is 29.6 Å². The van der Waals surface area contributed by atoms with Crippen molar-refractivity contribution in [3.05, 3.63) is 0 Å².